The lowest BCUT2D eigenvalue weighted by molar-refractivity contribution is 0.150. The van der Waals surface area contributed by atoms with Gasteiger partial charge in [0, 0.05) is 24.8 Å². The Balaban J connectivity index is 2.20. The molecule has 2 aliphatic rings. The number of aliphatic hydroxyl groups is 1. The van der Waals surface area contributed by atoms with Crippen LogP contribution in [0.5, 0.6) is 0 Å². The molecule has 0 spiro atoms. The van der Waals surface area contributed by atoms with Crippen molar-refractivity contribution in [1.29, 1.82) is 0 Å². The quantitative estimate of drug-likeness (QED) is 0.644. The van der Waals surface area contributed by atoms with Gasteiger partial charge in [0.15, 0.2) is 0 Å². The molecule has 0 saturated heterocycles. The van der Waals surface area contributed by atoms with E-state index in [0.29, 0.717) is 5.92 Å². The number of nitrogens with zero attached hydrogens (tertiary/aromatic N) is 1. The van der Waals surface area contributed by atoms with Crippen LogP contribution in [0, 0.1) is 11.3 Å². The Bertz CT molecular complexity index is 575. The molecule has 0 aromatic heterocycles. The second-order valence-corrected chi connectivity index (χ2v) is 8.39. The van der Waals surface area contributed by atoms with Gasteiger partial charge in [-0.05, 0) is 57.4 Å². The van der Waals surface area contributed by atoms with Crippen LogP contribution in [0.15, 0.2) is 39.4 Å². The second-order valence-electron chi connectivity index (χ2n) is 8.39. The molecule has 134 valence electrons. The summed E-state index contributed by atoms with van der Waals surface area (Å²) in [6, 6.07) is 0. The molecular weight excluding hydrogens is 294 g/mol. The van der Waals surface area contributed by atoms with Gasteiger partial charge in [-0.2, -0.15) is 0 Å². The molecule has 2 heteroatoms. The van der Waals surface area contributed by atoms with Crippen molar-refractivity contribution in [3.63, 3.8) is 0 Å². The average Bonchev–Trinajstić information content (AvgIpc) is 2.67. The lowest BCUT2D eigenvalue weighted by Crippen LogP contribution is -2.21. The zero-order valence-electron chi connectivity index (χ0n) is 16.3. The maximum atomic E-state index is 9.56. The Labute approximate surface area is 148 Å². The molecule has 2 rings (SSSR count). The first-order valence-corrected chi connectivity index (χ1v) is 9.57. The molecule has 2 nitrogen and oxygen atoms in total. The third kappa shape index (κ3) is 4.92. The van der Waals surface area contributed by atoms with Crippen molar-refractivity contribution in [2.75, 3.05) is 13.2 Å². The van der Waals surface area contributed by atoms with Crippen LogP contribution >= 0.6 is 0 Å². The highest BCUT2D eigenvalue weighted by molar-refractivity contribution is 5.96. The fraction of sp³-hybridized carbons (Fsp3) is 0.682. The largest absolute Gasteiger partial charge is 0.396 e. The highest BCUT2D eigenvalue weighted by Crippen LogP contribution is 2.38. The highest BCUT2D eigenvalue weighted by atomic mass is 16.3. The van der Waals surface area contributed by atoms with Crippen LogP contribution in [0.2, 0.25) is 0 Å². The predicted molar refractivity (Wildman–Crippen MR) is 105 cm³/mol. The van der Waals surface area contributed by atoms with Gasteiger partial charge in [-0.1, -0.05) is 55.6 Å². The van der Waals surface area contributed by atoms with Crippen molar-refractivity contribution in [2.24, 2.45) is 16.3 Å². The fourth-order valence-corrected chi connectivity index (χ4v) is 3.48. The van der Waals surface area contributed by atoms with Gasteiger partial charge in [0.2, 0.25) is 0 Å². The summed E-state index contributed by atoms with van der Waals surface area (Å²) in [5.74, 6) is 0.470. The predicted octanol–water partition coefficient (Wildman–Crippen LogP) is 5.64. The second kappa shape index (κ2) is 8.29. The van der Waals surface area contributed by atoms with E-state index in [2.05, 4.69) is 46.8 Å². The zero-order valence-corrected chi connectivity index (χ0v) is 16.3. The van der Waals surface area contributed by atoms with E-state index in [1.165, 1.54) is 35.3 Å². The molecule has 0 saturated carbocycles. The Morgan fingerprint density at radius 3 is 2.62 bits per heavy atom. The minimum atomic E-state index is -0.00605. The molecular formula is C22H35NO. The van der Waals surface area contributed by atoms with Crippen LogP contribution in [-0.2, 0) is 0 Å². The van der Waals surface area contributed by atoms with Crippen LogP contribution in [-0.4, -0.2) is 24.0 Å². The minimum absolute atomic E-state index is 0.00605. The van der Waals surface area contributed by atoms with Gasteiger partial charge < -0.3 is 5.11 Å². The Morgan fingerprint density at radius 2 is 1.96 bits per heavy atom. The lowest BCUT2D eigenvalue weighted by Gasteiger charge is -2.28. The van der Waals surface area contributed by atoms with Crippen LogP contribution in [0.4, 0.5) is 0 Å². The zero-order chi connectivity index (χ0) is 17.7. The average molecular weight is 330 g/mol. The molecule has 1 atom stereocenters. The first-order chi connectivity index (χ1) is 11.4. The van der Waals surface area contributed by atoms with E-state index < -0.39 is 0 Å². The summed E-state index contributed by atoms with van der Waals surface area (Å²) in [7, 11) is 0. The van der Waals surface area contributed by atoms with Crippen molar-refractivity contribution >= 4 is 5.71 Å². The maximum Gasteiger partial charge on any atom is 0.0495 e. The van der Waals surface area contributed by atoms with E-state index in [1.807, 2.05) is 0 Å². The van der Waals surface area contributed by atoms with Crippen LogP contribution in [0.3, 0.4) is 0 Å². The first-order valence-electron chi connectivity index (χ1n) is 9.57. The molecule has 1 aliphatic heterocycles. The minimum Gasteiger partial charge on any atom is -0.396 e. The molecule has 0 bridgehead atoms. The molecule has 0 aromatic rings. The normalized spacial score (nSPS) is 21.8. The smallest absolute Gasteiger partial charge is 0.0495 e. The summed E-state index contributed by atoms with van der Waals surface area (Å²) in [6.07, 6.45) is 11.5. The number of hydrogen-bond donors (Lipinski definition) is 1. The van der Waals surface area contributed by atoms with Gasteiger partial charge in [-0.25, -0.2) is 0 Å². The van der Waals surface area contributed by atoms with E-state index in [-0.39, 0.29) is 12.0 Å². The van der Waals surface area contributed by atoms with E-state index in [4.69, 9.17) is 4.99 Å². The van der Waals surface area contributed by atoms with Gasteiger partial charge in [-0.15, -0.1) is 0 Å². The molecule has 0 radical (unpaired) electrons. The number of hydrogen-bond acceptors (Lipinski definition) is 2. The summed E-state index contributed by atoms with van der Waals surface area (Å²) in [6.45, 7) is 12.2. The topological polar surface area (TPSA) is 32.6 Å². The van der Waals surface area contributed by atoms with E-state index in [0.717, 1.165) is 32.2 Å². The Hall–Kier alpha value is -1.15. The van der Waals surface area contributed by atoms with Gasteiger partial charge in [0.1, 0.15) is 0 Å². The first kappa shape index (κ1) is 19.2. The summed E-state index contributed by atoms with van der Waals surface area (Å²) in [4.78, 5) is 4.89. The SMILES string of the molecule is CCCCC1=NCC2C(CCC(C)(C)CO)=CC(C)=C(C)CC2=C1. The van der Waals surface area contributed by atoms with Gasteiger partial charge in [-0.3, -0.25) is 4.99 Å². The summed E-state index contributed by atoms with van der Waals surface area (Å²) >= 11 is 0. The maximum absolute atomic E-state index is 9.56. The fourth-order valence-electron chi connectivity index (χ4n) is 3.48. The van der Waals surface area contributed by atoms with Crippen molar-refractivity contribution in [1.82, 2.24) is 0 Å². The standard InChI is InChI=1S/C22H35NO/c1-6-7-8-20-13-19-12-17(3)16(2)11-18(21(19)14-23-20)9-10-22(4,5)15-24/h11,13,21,24H,6-10,12,14-15H2,1-5H3. The van der Waals surface area contributed by atoms with Crippen molar-refractivity contribution in [3.8, 4) is 0 Å². The molecule has 1 N–H and O–H groups in total. The third-order valence-corrected chi connectivity index (χ3v) is 5.57. The number of allylic oxidation sites excluding steroid dienone is 4. The number of fused-ring (bicyclic) bond motifs is 1. The summed E-state index contributed by atoms with van der Waals surface area (Å²) < 4.78 is 0. The summed E-state index contributed by atoms with van der Waals surface area (Å²) in [5, 5.41) is 9.56. The number of dihydropyridines is 1. The third-order valence-electron chi connectivity index (χ3n) is 5.57. The van der Waals surface area contributed by atoms with Crippen LogP contribution in [0.25, 0.3) is 0 Å². The van der Waals surface area contributed by atoms with E-state index in [9.17, 15) is 5.11 Å². The van der Waals surface area contributed by atoms with E-state index in [1.54, 1.807) is 5.57 Å². The van der Waals surface area contributed by atoms with Crippen molar-refractivity contribution in [3.05, 3.63) is 34.4 Å². The van der Waals surface area contributed by atoms with Gasteiger partial charge >= 0.3 is 0 Å². The number of aliphatic imine (C=N–C) groups is 1. The van der Waals surface area contributed by atoms with Crippen LogP contribution in [0.1, 0.15) is 73.1 Å². The molecule has 1 aliphatic carbocycles. The van der Waals surface area contributed by atoms with E-state index >= 15 is 0 Å². The van der Waals surface area contributed by atoms with Crippen molar-refractivity contribution in [2.45, 2.75) is 73.1 Å². The number of aliphatic hydroxyl groups excluding tert-OH is 1. The number of rotatable bonds is 7. The molecule has 0 aromatic carbocycles. The molecule has 1 heterocycles. The Kier molecular flexibility index (Phi) is 6.62. The number of unbranched alkanes of at least 4 members (excludes halogenated alkanes) is 1. The lowest BCUT2D eigenvalue weighted by atomic mass is 9.80. The summed E-state index contributed by atoms with van der Waals surface area (Å²) in [5.41, 5.74) is 7.25. The highest BCUT2D eigenvalue weighted by Gasteiger charge is 2.27. The van der Waals surface area contributed by atoms with Gasteiger partial charge in [0.05, 0.1) is 0 Å². The van der Waals surface area contributed by atoms with Gasteiger partial charge in [0.25, 0.3) is 0 Å². The van der Waals surface area contributed by atoms with Crippen molar-refractivity contribution < 1.29 is 5.11 Å². The molecule has 1 unspecified atom stereocenters. The molecule has 0 fully saturated rings. The monoisotopic (exact) mass is 329 g/mol. The Morgan fingerprint density at radius 1 is 1.21 bits per heavy atom. The van der Waals surface area contributed by atoms with Crippen LogP contribution < -0.4 is 0 Å². The molecule has 24 heavy (non-hydrogen) atoms. The molecule has 0 amide bonds.